The average Bonchev–Trinajstić information content (AvgIpc) is 3.09. The van der Waals surface area contributed by atoms with Crippen molar-refractivity contribution < 1.29 is 17.9 Å². The van der Waals surface area contributed by atoms with Crippen LogP contribution in [-0.4, -0.2) is 38.8 Å². The third-order valence-electron chi connectivity index (χ3n) is 5.83. The Kier molecular flexibility index (Phi) is 6.77. The molecule has 3 aromatic carbocycles. The summed E-state index contributed by atoms with van der Waals surface area (Å²) in [6.07, 6.45) is 4.00. The predicted octanol–water partition coefficient (Wildman–Crippen LogP) is 4.59. The summed E-state index contributed by atoms with van der Waals surface area (Å²) in [6, 6.07) is 18.5. The number of carbonyl (C=O) groups is 1. The number of anilines is 1. The van der Waals surface area contributed by atoms with Gasteiger partial charge in [0.25, 0.3) is 0 Å². The van der Waals surface area contributed by atoms with Gasteiger partial charge in [0, 0.05) is 13.1 Å². The van der Waals surface area contributed by atoms with Gasteiger partial charge in [0.2, 0.25) is 15.9 Å². The number of rotatable bonds is 6. The molecule has 0 aromatic heterocycles. The van der Waals surface area contributed by atoms with E-state index in [0.717, 1.165) is 42.0 Å². The molecule has 0 bridgehead atoms. The molecule has 6 nitrogen and oxygen atoms in total. The van der Waals surface area contributed by atoms with Crippen molar-refractivity contribution in [1.82, 2.24) is 4.31 Å². The predicted molar refractivity (Wildman–Crippen MR) is 127 cm³/mol. The van der Waals surface area contributed by atoms with Gasteiger partial charge in [0.15, 0.2) is 0 Å². The molecule has 0 atom stereocenters. The zero-order chi connectivity index (χ0) is 22.6. The lowest BCUT2D eigenvalue weighted by molar-refractivity contribution is -0.115. The highest BCUT2D eigenvalue weighted by Crippen LogP contribution is 2.30. The zero-order valence-electron chi connectivity index (χ0n) is 18.2. The Morgan fingerprint density at radius 3 is 2.38 bits per heavy atom. The molecule has 7 heteroatoms. The number of fused-ring (bicyclic) bond motifs is 1. The van der Waals surface area contributed by atoms with Gasteiger partial charge in [0.1, 0.15) is 5.75 Å². The molecule has 1 saturated heterocycles. The summed E-state index contributed by atoms with van der Waals surface area (Å²) in [5, 5.41) is 5.02. The van der Waals surface area contributed by atoms with Crippen LogP contribution >= 0.6 is 0 Å². The molecule has 0 radical (unpaired) electrons. The summed E-state index contributed by atoms with van der Waals surface area (Å²) < 4.78 is 33.2. The smallest absolute Gasteiger partial charge is 0.243 e. The van der Waals surface area contributed by atoms with E-state index in [0.29, 0.717) is 24.5 Å². The van der Waals surface area contributed by atoms with E-state index in [2.05, 4.69) is 5.32 Å². The molecule has 0 unspecified atom stereocenters. The van der Waals surface area contributed by atoms with Gasteiger partial charge in [-0.2, -0.15) is 4.31 Å². The maximum absolute atomic E-state index is 13.2. The molecule has 0 saturated carbocycles. The van der Waals surface area contributed by atoms with E-state index in [1.807, 2.05) is 42.5 Å². The highest BCUT2D eigenvalue weighted by Gasteiger charge is 2.26. The van der Waals surface area contributed by atoms with Gasteiger partial charge in [-0.1, -0.05) is 55.3 Å². The van der Waals surface area contributed by atoms with E-state index in [4.69, 9.17) is 4.74 Å². The van der Waals surface area contributed by atoms with Gasteiger partial charge in [-0.05, 0) is 47.4 Å². The first-order valence-electron chi connectivity index (χ1n) is 10.9. The number of hydrogen-bond acceptors (Lipinski definition) is 4. The molecule has 1 heterocycles. The van der Waals surface area contributed by atoms with E-state index < -0.39 is 10.0 Å². The minimum absolute atomic E-state index is 0.168. The summed E-state index contributed by atoms with van der Waals surface area (Å²) in [7, 11) is -2.13. The van der Waals surface area contributed by atoms with Crippen molar-refractivity contribution in [3.8, 4) is 5.75 Å². The fraction of sp³-hybridized carbons (Fsp3) is 0.320. The number of sulfonamides is 1. The lowest BCUT2D eigenvalue weighted by Crippen LogP contribution is -2.32. The average molecular weight is 453 g/mol. The number of carbonyl (C=O) groups excluding carboxylic acids is 1. The Hall–Kier alpha value is -2.90. The molecular weight excluding hydrogens is 424 g/mol. The van der Waals surface area contributed by atoms with Crippen molar-refractivity contribution in [3.05, 3.63) is 66.2 Å². The van der Waals surface area contributed by atoms with Crippen molar-refractivity contribution in [2.75, 3.05) is 25.5 Å². The van der Waals surface area contributed by atoms with Crippen LogP contribution in [-0.2, 0) is 21.2 Å². The molecule has 1 fully saturated rings. The number of methoxy groups -OCH3 is 1. The summed E-state index contributed by atoms with van der Waals surface area (Å²) in [5.41, 5.74) is 1.24. The number of nitrogens with zero attached hydrogens (tertiary/aromatic N) is 1. The molecule has 1 aliphatic rings. The van der Waals surface area contributed by atoms with Crippen molar-refractivity contribution in [3.63, 3.8) is 0 Å². The second-order valence-corrected chi connectivity index (χ2v) is 10.0. The lowest BCUT2D eigenvalue weighted by Gasteiger charge is -2.21. The van der Waals surface area contributed by atoms with Gasteiger partial charge in [-0.15, -0.1) is 0 Å². The summed E-state index contributed by atoms with van der Waals surface area (Å²) in [5.74, 6) is 0.189. The molecule has 1 amide bonds. The standard InChI is InChI=1S/C25H28N2O4S/c1-31-24-13-12-22(32(29,30)27-14-6-2-3-7-15-27)18-23(24)26-25(28)17-19-10-11-20-8-4-5-9-21(20)16-19/h4-5,8-13,16,18H,2-3,6-7,14-15,17H2,1H3,(H,26,28). The van der Waals surface area contributed by atoms with Crippen molar-refractivity contribution in [1.29, 1.82) is 0 Å². The summed E-state index contributed by atoms with van der Waals surface area (Å²) in [4.78, 5) is 12.9. The summed E-state index contributed by atoms with van der Waals surface area (Å²) in [6.45, 7) is 1.05. The van der Waals surface area contributed by atoms with Crippen LogP contribution in [0.3, 0.4) is 0 Å². The van der Waals surface area contributed by atoms with Crippen LogP contribution in [0.4, 0.5) is 5.69 Å². The minimum atomic E-state index is -3.63. The quantitative estimate of drug-likeness (QED) is 0.593. The van der Waals surface area contributed by atoms with Crippen LogP contribution in [0, 0.1) is 0 Å². The van der Waals surface area contributed by atoms with Crippen LogP contribution in [0.5, 0.6) is 5.75 Å². The van der Waals surface area contributed by atoms with Crippen LogP contribution in [0.25, 0.3) is 10.8 Å². The molecule has 0 aliphatic carbocycles. The minimum Gasteiger partial charge on any atom is -0.495 e. The van der Waals surface area contributed by atoms with Gasteiger partial charge < -0.3 is 10.1 Å². The molecular formula is C25H28N2O4S. The molecule has 4 rings (SSSR count). The van der Waals surface area contributed by atoms with E-state index in [9.17, 15) is 13.2 Å². The third kappa shape index (κ3) is 4.95. The first-order valence-corrected chi connectivity index (χ1v) is 12.4. The number of ether oxygens (including phenoxy) is 1. The van der Waals surface area contributed by atoms with E-state index in [1.165, 1.54) is 19.2 Å². The largest absolute Gasteiger partial charge is 0.495 e. The number of nitrogens with one attached hydrogen (secondary N) is 1. The Balaban J connectivity index is 1.54. The van der Waals surface area contributed by atoms with Crippen LogP contribution < -0.4 is 10.1 Å². The highest BCUT2D eigenvalue weighted by molar-refractivity contribution is 7.89. The number of benzene rings is 3. The summed E-state index contributed by atoms with van der Waals surface area (Å²) >= 11 is 0. The first kappa shape index (κ1) is 22.3. The Morgan fingerprint density at radius 1 is 0.938 bits per heavy atom. The molecule has 3 aromatic rings. The van der Waals surface area contributed by atoms with E-state index >= 15 is 0 Å². The molecule has 32 heavy (non-hydrogen) atoms. The second kappa shape index (κ2) is 9.71. The second-order valence-electron chi connectivity index (χ2n) is 8.09. The molecule has 168 valence electrons. The van der Waals surface area contributed by atoms with Crippen molar-refractivity contribution >= 4 is 32.4 Å². The van der Waals surface area contributed by atoms with Gasteiger partial charge in [0.05, 0.1) is 24.1 Å². The number of amides is 1. The monoisotopic (exact) mass is 452 g/mol. The van der Waals surface area contributed by atoms with E-state index in [-0.39, 0.29) is 17.2 Å². The third-order valence-corrected chi connectivity index (χ3v) is 7.72. The first-order chi connectivity index (χ1) is 15.5. The van der Waals surface area contributed by atoms with Crippen LogP contribution in [0.15, 0.2) is 65.6 Å². The normalized spacial score (nSPS) is 15.3. The van der Waals surface area contributed by atoms with Gasteiger partial charge >= 0.3 is 0 Å². The fourth-order valence-corrected chi connectivity index (χ4v) is 5.65. The van der Waals surface area contributed by atoms with Gasteiger partial charge in [-0.25, -0.2) is 8.42 Å². The zero-order valence-corrected chi connectivity index (χ0v) is 19.0. The van der Waals surface area contributed by atoms with Crippen LogP contribution in [0.2, 0.25) is 0 Å². The molecule has 1 N–H and O–H groups in total. The number of hydrogen-bond donors (Lipinski definition) is 1. The van der Waals surface area contributed by atoms with Crippen molar-refractivity contribution in [2.24, 2.45) is 0 Å². The molecule has 0 spiro atoms. The molecule has 1 aliphatic heterocycles. The maximum atomic E-state index is 13.2. The SMILES string of the molecule is COc1ccc(S(=O)(=O)N2CCCCCC2)cc1NC(=O)Cc1ccc2ccccc2c1. The van der Waals surface area contributed by atoms with Crippen molar-refractivity contribution in [2.45, 2.75) is 37.0 Å². The topological polar surface area (TPSA) is 75.7 Å². The van der Waals surface area contributed by atoms with E-state index in [1.54, 1.807) is 10.4 Å². The maximum Gasteiger partial charge on any atom is 0.243 e. The Labute approximate surface area is 189 Å². The Morgan fingerprint density at radius 2 is 1.66 bits per heavy atom. The lowest BCUT2D eigenvalue weighted by atomic mass is 10.0. The van der Waals surface area contributed by atoms with Crippen LogP contribution in [0.1, 0.15) is 31.2 Å². The van der Waals surface area contributed by atoms with Gasteiger partial charge in [-0.3, -0.25) is 4.79 Å². The Bertz CT molecular complexity index is 1220. The fourth-order valence-electron chi connectivity index (χ4n) is 4.10. The highest BCUT2D eigenvalue weighted by atomic mass is 32.2.